The molecule has 0 aromatic heterocycles. The van der Waals surface area contributed by atoms with E-state index in [-0.39, 0.29) is 17.7 Å². The normalized spacial score (nSPS) is 21.7. The Morgan fingerprint density at radius 2 is 1.82 bits per heavy atom. The molecule has 17 heavy (non-hydrogen) atoms. The van der Waals surface area contributed by atoms with Crippen molar-refractivity contribution in [3.05, 3.63) is 0 Å². The minimum absolute atomic E-state index is 0.0381. The van der Waals surface area contributed by atoms with Gasteiger partial charge in [-0.15, -0.1) is 0 Å². The van der Waals surface area contributed by atoms with E-state index >= 15 is 0 Å². The van der Waals surface area contributed by atoms with Crippen LogP contribution in [0, 0.1) is 17.8 Å². The van der Waals surface area contributed by atoms with E-state index in [1.54, 1.807) is 13.8 Å². The summed E-state index contributed by atoms with van der Waals surface area (Å²) in [5.41, 5.74) is 4.78. The van der Waals surface area contributed by atoms with Gasteiger partial charge in [0, 0.05) is 5.92 Å². The number of hydrogen-bond donors (Lipinski definition) is 3. The number of carbonyl (C=O) groups is 1. The summed E-state index contributed by atoms with van der Waals surface area (Å²) in [5, 5.41) is 14.5. The Kier molecular flexibility index (Phi) is 3.02. The van der Waals surface area contributed by atoms with Crippen LogP contribution < -0.4 is 11.1 Å². The van der Waals surface area contributed by atoms with Crippen molar-refractivity contribution >= 4 is 11.7 Å². The Hall–Kier alpha value is -1.26. The molecule has 0 atom stereocenters. The van der Waals surface area contributed by atoms with Crippen LogP contribution in [0.1, 0.15) is 39.5 Å². The van der Waals surface area contributed by atoms with Gasteiger partial charge in [-0.3, -0.25) is 4.79 Å². The smallest absolute Gasteiger partial charge is 0.224 e. The summed E-state index contributed by atoms with van der Waals surface area (Å²) in [6.07, 6.45) is 4.66. The van der Waals surface area contributed by atoms with E-state index in [9.17, 15) is 4.79 Å². The highest BCUT2D eigenvalue weighted by Gasteiger charge is 2.46. The molecule has 0 heterocycles. The van der Waals surface area contributed by atoms with E-state index < -0.39 is 5.54 Å². The van der Waals surface area contributed by atoms with Crippen molar-refractivity contribution in [2.45, 2.75) is 45.1 Å². The molecule has 2 aliphatic carbocycles. The van der Waals surface area contributed by atoms with Crippen molar-refractivity contribution in [1.29, 1.82) is 0 Å². The lowest BCUT2D eigenvalue weighted by molar-refractivity contribution is -0.127. The van der Waals surface area contributed by atoms with Crippen LogP contribution in [0.5, 0.6) is 0 Å². The second-order valence-electron chi connectivity index (χ2n) is 5.80. The third-order valence-corrected chi connectivity index (χ3v) is 3.75. The molecule has 0 spiro atoms. The van der Waals surface area contributed by atoms with Gasteiger partial charge in [-0.2, -0.15) is 0 Å². The van der Waals surface area contributed by atoms with Gasteiger partial charge in [-0.1, -0.05) is 5.16 Å². The van der Waals surface area contributed by atoms with E-state index in [0.717, 1.165) is 0 Å². The molecule has 0 radical (unpaired) electrons. The van der Waals surface area contributed by atoms with Gasteiger partial charge in [0.15, 0.2) is 5.84 Å². The molecule has 5 heteroatoms. The molecular weight excluding hydrogens is 218 g/mol. The summed E-state index contributed by atoms with van der Waals surface area (Å²) in [6, 6.07) is 0. The average molecular weight is 239 g/mol. The number of amides is 1. The Morgan fingerprint density at radius 1 is 1.35 bits per heavy atom. The van der Waals surface area contributed by atoms with Crippen LogP contribution in [0.2, 0.25) is 0 Å². The van der Waals surface area contributed by atoms with Crippen molar-refractivity contribution in [3.63, 3.8) is 0 Å². The second-order valence-corrected chi connectivity index (χ2v) is 5.80. The molecule has 2 aliphatic rings. The van der Waals surface area contributed by atoms with Crippen molar-refractivity contribution < 1.29 is 10.0 Å². The number of carbonyl (C=O) groups excluding carboxylic acids is 1. The molecule has 0 unspecified atom stereocenters. The molecule has 2 fully saturated rings. The summed E-state index contributed by atoms with van der Waals surface area (Å²) in [4.78, 5) is 12.2. The molecule has 2 saturated carbocycles. The van der Waals surface area contributed by atoms with E-state index in [4.69, 9.17) is 10.9 Å². The number of rotatable bonds is 5. The summed E-state index contributed by atoms with van der Waals surface area (Å²) in [7, 11) is 0. The molecule has 0 saturated heterocycles. The van der Waals surface area contributed by atoms with Gasteiger partial charge in [-0.05, 0) is 51.4 Å². The lowest BCUT2D eigenvalue weighted by Crippen LogP contribution is -2.55. The predicted octanol–water partition coefficient (Wildman–Crippen LogP) is 1.06. The Morgan fingerprint density at radius 3 is 2.18 bits per heavy atom. The number of amidine groups is 1. The first-order chi connectivity index (χ1) is 7.95. The largest absolute Gasteiger partial charge is 0.409 e. The monoisotopic (exact) mass is 239 g/mol. The van der Waals surface area contributed by atoms with Gasteiger partial charge in [0.25, 0.3) is 0 Å². The minimum atomic E-state index is -0.784. The van der Waals surface area contributed by atoms with E-state index in [1.165, 1.54) is 25.7 Å². The third-order valence-electron chi connectivity index (χ3n) is 3.75. The lowest BCUT2D eigenvalue weighted by atomic mass is 9.94. The molecule has 0 aromatic rings. The summed E-state index contributed by atoms with van der Waals surface area (Å²) >= 11 is 0. The maximum absolute atomic E-state index is 12.2. The molecule has 2 rings (SSSR count). The predicted molar refractivity (Wildman–Crippen MR) is 64.6 cm³/mol. The van der Waals surface area contributed by atoms with Gasteiger partial charge in [0.05, 0.1) is 5.54 Å². The first kappa shape index (κ1) is 12.2. The van der Waals surface area contributed by atoms with Gasteiger partial charge in [-0.25, -0.2) is 0 Å². The van der Waals surface area contributed by atoms with Crippen molar-refractivity contribution in [3.8, 4) is 0 Å². The quantitative estimate of drug-likeness (QED) is 0.290. The summed E-state index contributed by atoms with van der Waals surface area (Å²) in [5.74, 6) is 1.36. The lowest BCUT2D eigenvalue weighted by Gasteiger charge is -2.27. The highest BCUT2D eigenvalue weighted by atomic mass is 16.4. The molecule has 0 aliphatic heterocycles. The van der Waals surface area contributed by atoms with Crippen molar-refractivity contribution in [2.75, 3.05) is 0 Å². The Bertz CT molecular complexity index is 332. The summed E-state index contributed by atoms with van der Waals surface area (Å²) < 4.78 is 0. The fourth-order valence-electron chi connectivity index (χ4n) is 2.30. The van der Waals surface area contributed by atoms with Gasteiger partial charge in [0.2, 0.25) is 5.91 Å². The number of nitrogens with two attached hydrogens (primary N) is 1. The first-order valence-corrected chi connectivity index (χ1v) is 6.25. The zero-order chi connectivity index (χ0) is 12.6. The van der Waals surface area contributed by atoms with Crippen LogP contribution >= 0.6 is 0 Å². The highest BCUT2D eigenvalue weighted by molar-refractivity contribution is 5.93. The molecule has 1 amide bonds. The number of oxime groups is 1. The van der Waals surface area contributed by atoms with Crippen LogP contribution in [0.15, 0.2) is 5.16 Å². The van der Waals surface area contributed by atoms with Crippen molar-refractivity contribution in [1.82, 2.24) is 5.32 Å². The zero-order valence-electron chi connectivity index (χ0n) is 10.4. The minimum Gasteiger partial charge on any atom is -0.409 e. The van der Waals surface area contributed by atoms with E-state index in [2.05, 4.69) is 10.5 Å². The third kappa shape index (κ3) is 2.70. The molecule has 0 bridgehead atoms. The Labute approximate surface area is 101 Å². The van der Waals surface area contributed by atoms with Gasteiger partial charge in [0.1, 0.15) is 0 Å². The first-order valence-electron chi connectivity index (χ1n) is 6.25. The topological polar surface area (TPSA) is 87.7 Å². The van der Waals surface area contributed by atoms with Crippen LogP contribution in [-0.4, -0.2) is 22.5 Å². The molecule has 4 N–H and O–H groups in total. The number of hydrogen-bond acceptors (Lipinski definition) is 3. The maximum Gasteiger partial charge on any atom is 0.224 e. The zero-order valence-corrected chi connectivity index (χ0v) is 10.4. The molecule has 0 aromatic carbocycles. The molecule has 96 valence electrons. The number of nitrogens with one attached hydrogen (secondary N) is 1. The standard InChI is InChI=1S/C12H21N3O2/c1-12(2,11(13)15-17)14-10(16)9(7-3-4-7)8-5-6-8/h7-9,17H,3-6H2,1-2H3,(H2,13,15)(H,14,16). The van der Waals surface area contributed by atoms with E-state index in [0.29, 0.717) is 11.8 Å². The van der Waals surface area contributed by atoms with E-state index in [1.807, 2.05) is 0 Å². The average Bonchev–Trinajstić information content (AvgIpc) is 3.08. The summed E-state index contributed by atoms with van der Waals surface area (Å²) in [6.45, 7) is 3.49. The van der Waals surface area contributed by atoms with Crippen LogP contribution in [0.3, 0.4) is 0 Å². The highest BCUT2D eigenvalue weighted by Crippen LogP contribution is 2.49. The fraction of sp³-hybridized carbons (Fsp3) is 0.833. The maximum atomic E-state index is 12.2. The number of nitrogens with zero attached hydrogens (tertiary/aromatic N) is 1. The second kappa shape index (κ2) is 4.20. The van der Waals surface area contributed by atoms with Crippen LogP contribution in [0.4, 0.5) is 0 Å². The van der Waals surface area contributed by atoms with Crippen LogP contribution in [0.25, 0.3) is 0 Å². The van der Waals surface area contributed by atoms with Crippen molar-refractivity contribution in [2.24, 2.45) is 28.6 Å². The molecular formula is C12H21N3O2. The Balaban J connectivity index is 1.99. The fourth-order valence-corrected chi connectivity index (χ4v) is 2.30. The van der Waals surface area contributed by atoms with Gasteiger partial charge >= 0.3 is 0 Å². The van der Waals surface area contributed by atoms with Gasteiger partial charge < -0.3 is 16.3 Å². The SMILES string of the molecule is CC(C)(NC(=O)C(C1CC1)C1CC1)C(N)=NO. The molecule has 5 nitrogen and oxygen atoms in total. The van der Waals surface area contributed by atoms with Crippen LogP contribution in [-0.2, 0) is 4.79 Å².